The van der Waals surface area contributed by atoms with E-state index in [1.165, 1.54) is 6.07 Å². The van der Waals surface area contributed by atoms with Crippen LogP contribution in [0.1, 0.15) is 5.56 Å². The van der Waals surface area contributed by atoms with Crippen LogP contribution in [-0.4, -0.2) is 19.6 Å². The molecule has 0 fully saturated rings. The van der Waals surface area contributed by atoms with Gasteiger partial charge in [-0.2, -0.15) is 4.39 Å². The summed E-state index contributed by atoms with van der Waals surface area (Å²) in [5.41, 5.74) is -0.512. The van der Waals surface area contributed by atoms with Gasteiger partial charge in [0.15, 0.2) is 9.84 Å². The molecule has 0 aliphatic rings. The average molecular weight is 233 g/mol. The Labute approximate surface area is 85.6 Å². The normalized spacial score (nSPS) is 11.3. The number of hydrogen-bond donors (Lipinski definition) is 0. The van der Waals surface area contributed by atoms with Gasteiger partial charge in [0, 0.05) is 12.3 Å². The standard InChI is InChI=1S/C8H8FNO4S/c1-15(13,14)5-6-2-3-7(9)8(4-6)10(11)12/h2-4H,5H2,1H3. The Morgan fingerprint density at radius 1 is 1.47 bits per heavy atom. The van der Waals surface area contributed by atoms with E-state index in [0.29, 0.717) is 0 Å². The lowest BCUT2D eigenvalue weighted by atomic mass is 10.2. The predicted molar refractivity (Wildman–Crippen MR) is 51.6 cm³/mol. The van der Waals surface area contributed by atoms with Crippen LogP contribution in [0.25, 0.3) is 0 Å². The number of halogens is 1. The lowest BCUT2D eigenvalue weighted by molar-refractivity contribution is -0.387. The van der Waals surface area contributed by atoms with E-state index in [-0.39, 0.29) is 11.3 Å². The quantitative estimate of drug-likeness (QED) is 0.582. The smallest absolute Gasteiger partial charge is 0.258 e. The summed E-state index contributed by atoms with van der Waals surface area (Å²) in [5, 5.41) is 10.4. The first-order valence-electron chi connectivity index (χ1n) is 3.90. The molecule has 0 N–H and O–H groups in total. The van der Waals surface area contributed by atoms with Gasteiger partial charge in [-0.25, -0.2) is 8.42 Å². The van der Waals surface area contributed by atoms with Gasteiger partial charge in [0.1, 0.15) is 0 Å². The maximum atomic E-state index is 12.9. The molecule has 0 radical (unpaired) electrons. The minimum absolute atomic E-state index is 0.200. The van der Waals surface area contributed by atoms with E-state index in [4.69, 9.17) is 0 Å². The average Bonchev–Trinajstić information content (AvgIpc) is 2.05. The van der Waals surface area contributed by atoms with Crippen LogP contribution in [0.2, 0.25) is 0 Å². The Morgan fingerprint density at radius 3 is 2.53 bits per heavy atom. The molecule has 0 saturated carbocycles. The van der Waals surface area contributed by atoms with Gasteiger partial charge < -0.3 is 0 Å². The molecule has 0 atom stereocenters. The molecule has 0 heterocycles. The predicted octanol–water partition coefficient (Wildman–Crippen LogP) is 1.28. The molecule has 1 aromatic carbocycles. The van der Waals surface area contributed by atoms with Crippen LogP contribution in [0.3, 0.4) is 0 Å². The Balaban J connectivity index is 3.14. The SMILES string of the molecule is CS(=O)(=O)Cc1ccc(F)c([N+](=O)[O-])c1. The molecular weight excluding hydrogens is 225 g/mol. The zero-order chi connectivity index (χ0) is 11.6. The summed E-state index contributed by atoms with van der Waals surface area (Å²) >= 11 is 0. The lowest BCUT2D eigenvalue weighted by Gasteiger charge is -1.99. The molecule has 0 aliphatic heterocycles. The summed E-state index contributed by atoms with van der Waals surface area (Å²) in [6.07, 6.45) is 1.00. The van der Waals surface area contributed by atoms with Gasteiger partial charge in [0.05, 0.1) is 10.7 Å². The summed E-state index contributed by atoms with van der Waals surface area (Å²) in [6.45, 7) is 0. The fourth-order valence-electron chi connectivity index (χ4n) is 1.09. The van der Waals surface area contributed by atoms with E-state index < -0.39 is 26.3 Å². The number of nitro groups is 1. The van der Waals surface area contributed by atoms with Crippen LogP contribution in [0, 0.1) is 15.9 Å². The monoisotopic (exact) mass is 233 g/mol. The zero-order valence-corrected chi connectivity index (χ0v) is 8.62. The van der Waals surface area contributed by atoms with Crippen molar-refractivity contribution in [1.82, 2.24) is 0 Å². The highest BCUT2D eigenvalue weighted by Crippen LogP contribution is 2.19. The lowest BCUT2D eigenvalue weighted by Crippen LogP contribution is -2.02. The van der Waals surface area contributed by atoms with Crippen molar-refractivity contribution >= 4 is 15.5 Å². The van der Waals surface area contributed by atoms with Crippen LogP contribution >= 0.6 is 0 Å². The summed E-state index contributed by atoms with van der Waals surface area (Å²) in [6, 6.07) is 3.03. The molecule has 0 amide bonds. The number of benzene rings is 1. The van der Waals surface area contributed by atoms with Crippen LogP contribution in [0.15, 0.2) is 18.2 Å². The number of nitrogens with zero attached hydrogens (tertiary/aromatic N) is 1. The van der Waals surface area contributed by atoms with Gasteiger partial charge in [-0.3, -0.25) is 10.1 Å². The van der Waals surface area contributed by atoms with Crippen molar-refractivity contribution in [2.45, 2.75) is 5.75 Å². The highest BCUT2D eigenvalue weighted by Gasteiger charge is 2.15. The van der Waals surface area contributed by atoms with Crippen molar-refractivity contribution in [2.24, 2.45) is 0 Å². The first-order valence-corrected chi connectivity index (χ1v) is 5.96. The number of hydrogen-bond acceptors (Lipinski definition) is 4. The fourth-order valence-corrected chi connectivity index (χ4v) is 1.88. The molecule has 5 nitrogen and oxygen atoms in total. The molecule has 1 aromatic rings. The molecule has 0 spiro atoms. The Kier molecular flexibility index (Phi) is 3.04. The molecule has 1 rings (SSSR count). The highest BCUT2D eigenvalue weighted by molar-refractivity contribution is 7.89. The van der Waals surface area contributed by atoms with Crippen LogP contribution in [0.5, 0.6) is 0 Å². The number of rotatable bonds is 3. The van der Waals surface area contributed by atoms with Crippen molar-refractivity contribution in [3.63, 3.8) is 0 Å². The van der Waals surface area contributed by atoms with Crippen molar-refractivity contribution in [3.05, 3.63) is 39.7 Å². The maximum absolute atomic E-state index is 12.9. The first-order chi connectivity index (χ1) is 6.79. The molecule has 0 aliphatic carbocycles. The van der Waals surface area contributed by atoms with E-state index in [2.05, 4.69) is 0 Å². The van der Waals surface area contributed by atoms with Crippen LogP contribution in [-0.2, 0) is 15.6 Å². The zero-order valence-electron chi connectivity index (χ0n) is 7.81. The molecule has 82 valence electrons. The molecule has 0 unspecified atom stereocenters. The topological polar surface area (TPSA) is 77.3 Å². The van der Waals surface area contributed by atoms with Crippen LogP contribution < -0.4 is 0 Å². The Bertz CT molecular complexity index is 497. The van der Waals surface area contributed by atoms with Gasteiger partial charge >= 0.3 is 5.69 Å². The van der Waals surface area contributed by atoms with Crippen molar-refractivity contribution in [1.29, 1.82) is 0 Å². The van der Waals surface area contributed by atoms with Gasteiger partial charge in [-0.15, -0.1) is 0 Å². The maximum Gasteiger partial charge on any atom is 0.305 e. The molecular formula is C8H8FNO4S. The van der Waals surface area contributed by atoms with E-state index in [1.54, 1.807) is 0 Å². The molecule has 7 heteroatoms. The summed E-state index contributed by atoms with van der Waals surface area (Å²) in [5.74, 6) is -1.31. The van der Waals surface area contributed by atoms with E-state index in [1.807, 2.05) is 0 Å². The van der Waals surface area contributed by atoms with Crippen molar-refractivity contribution in [2.75, 3.05) is 6.26 Å². The Hall–Kier alpha value is -1.50. The third-order valence-corrected chi connectivity index (χ3v) is 2.49. The third-order valence-electron chi connectivity index (χ3n) is 1.64. The fraction of sp³-hybridized carbons (Fsp3) is 0.250. The van der Waals surface area contributed by atoms with E-state index in [0.717, 1.165) is 18.4 Å². The minimum Gasteiger partial charge on any atom is -0.258 e. The highest BCUT2D eigenvalue weighted by atomic mass is 32.2. The Morgan fingerprint density at radius 2 is 2.07 bits per heavy atom. The van der Waals surface area contributed by atoms with Crippen LogP contribution in [0.4, 0.5) is 10.1 Å². The largest absolute Gasteiger partial charge is 0.305 e. The molecule has 0 aromatic heterocycles. The van der Waals surface area contributed by atoms with Gasteiger partial charge in [-0.05, 0) is 11.6 Å². The molecule has 15 heavy (non-hydrogen) atoms. The minimum atomic E-state index is -3.28. The molecule has 0 saturated heterocycles. The van der Waals surface area contributed by atoms with Gasteiger partial charge in [-0.1, -0.05) is 6.07 Å². The van der Waals surface area contributed by atoms with Crippen molar-refractivity contribution < 1.29 is 17.7 Å². The summed E-state index contributed by atoms with van der Waals surface area (Å²) in [4.78, 5) is 9.47. The second-order valence-electron chi connectivity index (χ2n) is 3.11. The number of sulfone groups is 1. The third kappa shape index (κ3) is 3.28. The second-order valence-corrected chi connectivity index (χ2v) is 5.25. The second kappa shape index (κ2) is 3.93. The number of nitro benzene ring substituents is 1. The van der Waals surface area contributed by atoms with Gasteiger partial charge in [0.25, 0.3) is 0 Å². The molecule has 0 bridgehead atoms. The summed E-state index contributed by atoms with van der Waals surface area (Å²) < 4.78 is 34.7. The first kappa shape index (κ1) is 11.6. The summed E-state index contributed by atoms with van der Waals surface area (Å²) in [7, 11) is -3.28. The van der Waals surface area contributed by atoms with E-state index in [9.17, 15) is 22.9 Å². The van der Waals surface area contributed by atoms with Gasteiger partial charge in [0.2, 0.25) is 5.82 Å². The van der Waals surface area contributed by atoms with Crippen molar-refractivity contribution in [3.8, 4) is 0 Å². The van der Waals surface area contributed by atoms with E-state index >= 15 is 0 Å².